The van der Waals surface area contributed by atoms with E-state index in [-0.39, 0.29) is 17.9 Å². The number of hydrogen-bond acceptors (Lipinski definition) is 5. The predicted molar refractivity (Wildman–Crippen MR) is 162 cm³/mol. The standard InChI is InChI=1S/C34H42N2O3S/c1-22-18-27(14-17-31(22)39-2)24-8-6-23(7-9-24)21-36(34(38)26-12-15-30(37)16-13-26)29-5-3-4-28(19-29)32-20-35-33(40-32)25-10-11-25/h3-5,14,17-20,23-26,30,37H,6-13,15-16,21H2,1-2H3. The lowest BCUT2D eigenvalue weighted by Crippen LogP contribution is -2.41. The number of benzene rings is 2. The van der Waals surface area contributed by atoms with Gasteiger partial charge in [-0.25, -0.2) is 4.98 Å². The number of carbonyl (C=O) groups excluding carboxylic acids is 1. The van der Waals surface area contributed by atoms with Gasteiger partial charge < -0.3 is 14.7 Å². The molecule has 5 nitrogen and oxygen atoms in total. The van der Waals surface area contributed by atoms with Crippen LogP contribution in [0.4, 0.5) is 5.69 Å². The van der Waals surface area contributed by atoms with Gasteiger partial charge in [-0.3, -0.25) is 4.79 Å². The highest BCUT2D eigenvalue weighted by atomic mass is 32.1. The van der Waals surface area contributed by atoms with Crippen LogP contribution < -0.4 is 9.64 Å². The number of anilines is 1. The van der Waals surface area contributed by atoms with Crippen molar-refractivity contribution in [3.8, 4) is 16.2 Å². The normalized spacial score (nSPS) is 25.0. The molecule has 1 aromatic heterocycles. The summed E-state index contributed by atoms with van der Waals surface area (Å²) in [5.41, 5.74) is 4.76. The molecule has 3 fully saturated rings. The Kier molecular flexibility index (Phi) is 8.27. The summed E-state index contributed by atoms with van der Waals surface area (Å²) in [5.74, 6) is 2.89. The van der Waals surface area contributed by atoms with E-state index in [1.165, 1.54) is 33.9 Å². The molecule has 6 rings (SSSR count). The minimum atomic E-state index is -0.260. The summed E-state index contributed by atoms with van der Waals surface area (Å²) < 4.78 is 5.47. The van der Waals surface area contributed by atoms with Crippen molar-refractivity contribution in [2.24, 2.45) is 11.8 Å². The molecule has 0 saturated heterocycles. The van der Waals surface area contributed by atoms with Crippen molar-refractivity contribution in [1.82, 2.24) is 4.98 Å². The smallest absolute Gasteiger partial charge is 0.230 e. The van der Waals surface area contributed by atoms with E-state index in [1.54, 1.807) is 18.4 Å². The fourth-order valence-electron chi connectivity index (χ4n) is 6.73. The zero-order valence-electron chi connectivity index (χ0n) is 23.9. The van der Waals surface area contributed by atoms with Crippen LogP contribution in [0.25, 0.3) is 10.4 Å². The maximum Gasteiger partial charge on any atom is 0.230 e. The molecular formula is C34H42N2O3S. The number of rotatable bonds is 8. The van der Waals surface area contributed by atoms with Gasteiger partial charge in [-0.15, -0.1) is 11.3 Å². The zero-order chi connectivity index (χ0) is 27.6. The summed E-state index contributed by atoms with van der Waals surface area (Å²) in [6.45, 7) is 2.89. The zero-order valence-corrected chi connectivity index (χ0v) is 24.7. The van der Waals surface area contributed by atoms with Crippen LogP contribution in [0.2, 0.25) is 0 Å². The monoisotopic (exact) mass is 558 g/mol. The maximum absolute atomic E-state index is 14.0. The molecule has 3 aliphatic carbocycles. The third kappa shape index (κ3) is 6.13. The highest BCUT2D eigenvalue weighted by Crippen LogP contribution is 2.44. The molecule has 3 saturated carbocycles. The highest BCUT2D eigenvalue weighted by molar-refractivity contribution is 7.15. The van der Waals surface area contributed by atoms with Crippen molar-refractivity contribution in [3.05, 3.63) is 64.8 Å². The maximum atomic E-state index is 14.0. The number of aryl methyl sites for hydroxylation is 1. The molecule has 1 heterocycles. The minimum Gasteiger partial charge on any atom is -0.496 e. The molecule has 3 aliphatic rings. The minimum absolute atomic E-state index is 0.00413. The summed E-state index contributed by atoms with van der Waals surface area (Å²) in [7, 11) is 1.73. The first kappa shape index (κ1) is 27.5. The van der Waals surface area contributed by atoms with E-state index >= 15 is 0 Å². The summed E-state index contributed by atoms with van der Waals surface area (Å²) >= 11 is 1.80. The first-order chi connectivity index (χ1) is 19.5. The van der Waals surface area contributed by atoms with E-state index in [4.69, 9.17) is 9.72 Å². The Bertz CT molecular complexity index is 1320. The SMILES string of the molecule is COc1ccc(C2CCC(CN(C(=O)C3CCC(O)CC3)c3cccc(-c4cnc(C5CC5)s4)c3)CC2)cc1C. The van der Waals surface area contributed by atoms with Crippen molar-refractivity contribution in [2.45, 2.75) is 89.1 Å². The molecule has 3 aromatic rings. The van der Waals surface area contributed by atoms with Crippen LogP contribution in [0.3, 0.4) is 0 Å². The third-order valence-corrected chi connectivity index (χ3v) is 10.6. The van der Waals surface area contributed by atoms with E-state index in [1.807, 2.05) is 6.20 Å². The number of carbonyl (C=O) groups is 1. The molecule has 212 valence electrons. The lowest BCUT2D eigenvalue weighted by Gasteiger charge is -2.36. The number of ether oxygens (including phenoxy) is 1. The molecule has 6 heteroatoms. The fourth-order valence-corrected chi connectivity index (χ4v) is 7.81. The van der Waals surface area contributed by atoms with Crippen LogP contribution >= 0.6 is 11.3 Å². The van der Waals surface area contributed by atoms with E-state index in [0.717, 1.165) is 74.9 Å². The fraction of sp³-hybridized carbons (Fsp3) is 0.529. The quantitative estimate of drug-likeness (QED) is 0.306. The Morgan fingerprint density at radius 1 is 0.975 bits per heavy atom. The number of nitrogens with zero attached hydrogens (tertiary/aromatic N) is 2. The second-order valence-corrected chi connectivity index (χ2v) is 13.4. The molecule has 0 bridgehead atoms. The van der Waals surface area contributed by atoms with Crippen LogP contribution in [0, 0.1) is 18.8 Å². The van der Waals surface area contributed by atoms with Gasteiger partial charge in [-0.1, -0.05) is 24.3 Å². The molecule has 0 atom stereocenters. The number of aliphatic hydroxyl groups excluding tert-OH is 1. The number of amides is 1. The van der Waals surface area contributed by atoms with Crippen LogP contribution in [-0.2, 0) is 4.79 Å². The van der Waals surface area contributed by atoms with Crippen LogP contribution in [-0.4, -0.2) is 35.8 Å². The van der Waals surface area contributed by atoms with Crippen molar-refractivity contribution < 1.29 is 14.6 Å². The van der Waals surface area contributed by atoms with Crippen LogP contribution in [0.5, 0.6) is 5.75 Å². The Hall–Kier alpha value is -2.70. The van der Waals surface area contributed by atoms with Gasteiger partial charge >= 0.3 is 0 Å². The molecular weight excluding hydrogens is 516 g/mol. The Morgan fingerprint density at radius 2 is 1.73 bits per heavy atom. The van der Waals surface area contributed by atoms with E-state index in [9.17, 15) is 9.90 Å². The number of aliphatic hydroxyl groups is 1. The number of methoxy groups -OCH3 is 1. The summed E-state index contributed by atoms with van der Waals surface area (Å²) in [5, 5.41) is 11.3. The summed E-state index contributed by atoms with van der Waals surface area (Å²) in [4.78, 5) is 22.0. The average Bonchev–Trinajstić information content (AvgIpc) is 3.72. The van der Waals surface area contributed by atoms with E-state index in [0.29, 0.717) is 17.8 Å². The molecule has 1 amide bonds. The predicted octanol–water partition coefficient (Wildman–Crippen LogP) is 7.86. The van der Waals surface area contributed by atoms with Crippen molar-refractivity contribution in [2.75, 3.05) is 18.6 Å². The van der Waals surface area contributed by atoms with Gasteiger partial charge in [0, 0.05) is 30.3 Å². The van der Waals surface area contributed by atoms with Gasteiger partial charge in [0.05, 0.1) is 23.1 Å². The number of thiazole rings is 1. The molecule has 0 radical (unpaired) electrons. The highest BCUT2D eigenvalue weighted by Gasteiger charge is 2.33. The molecule has 40 heavy (non-hydrogen) atoms. The van der Waals surface area contributed by atoms with Gasteiger partial charge in [0.1, 0.15) is 5.75 Å². The van der Waals surface area contributed by atoms with E-state index in [2.05, 4.69) is 54.3 Å². The average molecular weight is 559 g/mol. The third-order valence-electron chi connectivity index (χ3n) is 9.38. The lowest BCUT2D eigenvalue weighted by molar-refractivity contribution is -0.124. The summed E-state index contributed by atoms with van der Waals surface area (Å²) in [6.07, 6.45) is 11.8. The molecule has 1 N–H and O–H groups in total. The Morgan fingerprint density at radius 3 is 2.42 bits per heavy atom. The largest absolute Gasteiger partial charge is 0.496 e. The second-order valence-electron chi connectivity index (χ2n) is 12.3. The summed E-state index contributed by atoms with van der Waals surface area (Å²) in [6, 6.07) is 15.2. The molecule has 0 unspecified atom stereocenters. The van der Waals surface area contributed by atoms with Gasteiger partial charge in [-0.2, -0.15) is 0 Å². The molecule has 2 aromatic carbocycles. The van der Waals surface area contributed by atoms with Gasteiger partial charge in [0.2, 0.25) is 5.91 Å². The van der Waals surface area contributed by atoms with Gasteiger partial charge in [0.25, 0.3) is 0 Å². The topological polar surface area (TPSA) is 62.7 Å². The van der Waals surface area contributed by atoms with Crippen molar-refractivity contribution in [3.63, 3.8) is 0 Å². The Labute approximate surface area is 242 Å². The number of aromatic nitrogens is 1. The molecule has 0 spiro atoms. The van der Waals surface area contributed by atoms with Gasteiger partial charge in [-0.05, 0) is 118 Å². The van der Waals surface area contributed by atoms with E-state index < -0.39 is 0 Å². The lowest BCUT2D eigenvalue weighted by atomic mass is 9.78. The Balaban J connectivity index is 1.19. The van der Waals surface area contributed by atoms with Crippen molar-refractivity contribution >= 4 is 22.9 Å². The van der Waals surface area contributed by atoms with Gasteiger partial charge in [0.15, 0.2) is 0 Å². The second kappa shape index (κ2) is 12.0. The number of hydrogen-bond donors (Lipinski definition) is 1. The first-order valence-electron chi connectivity index (χ1n) is 15.2. The molecule has 0 aliphatic heterocycles. The van der Waals surface area contributed by atoms with Crippen molar-refractivity contribution in [1.29, 1.82) is 0 Å². The first-order valence-corrected chi connectivity index (χ1v) is 16.0. The van der Waals surface area contributed by atoms with Crippen LogP contribution in [0.1, 0.15) is 92.2 Å². The van der Waals surface area contributed by atoms with Crippen LogP contribution in [0.15, 0.2) is 48.7 Å².